The fraction of sp³-hybridized carbons (Fsp3) is 0.333. The number of nitrogens with one attached hydrogen (secondary N) is 1. The van der Waals surface area contributed by atoms with Gasteiger partial charge in [-0.2, -0.15) is 0 Å². The Bertz CT molecular complexity index is 671. The van der Waals surface area contributed by atoms with Gasteiger partial charge in [-0.05, 0) is 23.6 Å². The lowest BCUT2D eigenvalue weighted by Gasteiger charge is -2.15. The fourth-order valence-electron chi connectivity index (χ4n) is 1.97. The van der Waals surface area contributed by atoms with E-state index in [1.165, 1.54) is 0 Å². The van der Waals surface area contributed by atoms with Crippen molar-refractivity contribution in [3.8, 4) is 17.4 Å². The summed E-state index contributed by atoms with van der Waals surface area (Å²) in [5, 5.41) is 2.80. The zero-order chi connectivity index (χ0) is 17.5. The van der Waals surface area contributed by atoms with E-state index in [-0.39, 0.29) is 11.8 Å². The molecule has 0 saturated carbocycles. The summed E-state index contributed by atoms with van der Waals surface area (Å²) in [7, 11) is 1.60. The van der Waals surface area contributed by atoms with Crippen LogP contribution in [0.3, 0.4) is 0 Å². The van der Waals surface area contributed by atoms with Crippen molar-refractivity contribution in [3.05, 3.63) is 48.2 Å². The smallest absolute Gasteiger partial charge is 0.237 e. The molecule has 0 aliphatic rings. The molecule has 24 heavy (non-hydrogen) atoms. The Labute approximate surface area is 142 Å². The average Bonchev–Trinajstić information content (AvgIpc) is 2.60. The number of carbonyl (C=O) groups excluding carboxylic acids is 1. The molecule has 2 rings (SSSR count). The molecule has 0 radical (unpaired) electrons. The number of carbonyl (C=O) groups is 1. The lowest BCUT2D eigenvalue weighted by atomic mass is 10.1. The number of ether oxygens (including phenoxy) is 2. The van der Waals surface area contributed by atoms with Crippen LogP contribution in [0.15, 0.2) is 42.6 Å². The van der Waals surface area contributed by atoms with Crippen molar-refractivity contribution in [1.82, 2.24) is 10.3 Å². The SMILES string of the molecule is COc1cccc(Oc2ccc(CNC(=O)[C@@H](N)C(C)C)cn2)c1. The third kappa shape index (κ3) is 4.96. The van der Waals surface area contributed by atoms with E-state index in [9.17, 15) is 4.79 Å². The van der Waals surface area contributed by atoms with Crippen LogP contribution in [-0.2, 0) is 11.3 Å². The molecule has 0 fully saturated rings. The van der Waals surface area contributed by atoms with E-state index in [4.69, 9.17) is 15.2 Å². The first-order chi connectivity index (χ1) is 11.5. The van der Waals surface area contributed by atoms with Crippen LogP contribution in [0.1, 0.15) is 19.4 Å². The lowest BCUT2D eigenvalue weighted by Crippen LogP contribution is -2.43. The fourth-order valence-corrected chi connectivity index (χ4v) is 1.97. The molecule has 128 valence electrons. The highest BCUT2D eigenvalue weighted by atomic mass is 16.5. The van der Waals surface area contributed by atoms with Crippen molar-refractivity contribution >= 4 is 5.91 Å². The van der Waals surface area contributed by atoms with Gasteiger partial charge in [0.05, 0.1) is 13.2 Å². The molecular formula is C18H23N3O3. The minimum Gasteiger partial charge on any atom is -0.497 e. The van der Waals surface area contributed by atoms with Crippen LogP contribution in [0, 0.1) is 5.92 Å². The van der Waals surface area contributed by atoms with Crippen LogP contribution >= 0.6 is 0 Å². The Kier molecular flexibility index (Phi) is 6.14. The van der Waals surface area contributed by atoms with Gasteiger partial charge in [0.25, 0.3) is 0 Å². The van der Waals surface area contributed by atoms with Gasteiger partial charge >= 0.3 is 0 Å². The second-order valence-corrected chi connectivity index (χ2v) is 5.77. The number of rotatable bonds is 7. The Hall–Kier alpha value is -2.60. The van der Waals surface area contributed by atoms with Crippen LogP contribution in [0.2, 0.25) is 0 Å². The monoisotopic (exact) mass is 329 g/mol. The maximum atomic E-state index is 11.8. The maximum Gasteiger partial charge on any atom is 0.237 e. The first-order valence-corrected chi connectivity index (χ1v) is 7.79. The molecular weight excluding hydrogens is 306 g/mol. The maximum absolute atomic E-state index is 11.8. The number of pyridine rings is 1. The Morgan fingerprint density at radius 2 is 2.00 bits per heavy atom. The molecule has 2 aromatic rings. The summed E-state index contributed by atoms with van der Waals surface area (Å²) in [6, 6.07) is 10.4. The van der Waals surface area contributed by atoms with E-state index in [0.29, 0.717) is 23.9 Å². The molecule has 0 spiro atoms. The van der Waals surface area contributed by atoms with Crippen LogP contribution < -0.4 is 20.5 Å². The molecule has 0 aliphatic carbocycles. The largest absolute Gasteiger partial charge is 0.497 e. The van der Waals surface area contributed by atoms with Gasteiger partial charge in [-0.25, -0.2) is 4.98 Å². The minimum absolute atomic E-state index is 0.0989. The van der Waals surface area contributed by atoms with E-state index >= 15 is 0 Å². The van der Waals surface area contributed by atoms with Gasteiger partial charge in [-0.3, -0.25) is 4.79 Å². The summed E-state index contributed by atoms with van der Waals surface area (Å²) < 4.78 is 10.8. The highest BCUT2D eigenvalue weighted by molar-refractivity contribution is 5.81. The number of amides is 1. The predicted molar refractivity (Wildman–Crippen MR) is 92.0 cm³/mol. The normalized spacial score (nSPS) is 11.9. The lowest BCUT2D eigenvalue weighted by molar-refractivity contribution is -0.123. The molecule has 1 aromatic heterocycles. The van der Waals surface area contributed by atoms with Gasteiger partial charge in [0.2, 0.25) is 11.8 Å². The second kappa shape index (κ2) is 8.31. The molecule has 1 aromatic carbocycles. The van der Waals surface area contributed by atoms with E-state index in [1.54, 1.807) is 25.4 Å². The quantitative estimate of drug-likeness (QED) is 0.815. The number of hydrogen-bond acceptors (Lipinski definition) is 5. The summed E-state index contributed by atoms with van der Waals surface area (Å²) in [4.78, 5) is 16.1. The second-order valence-electron chi connectivity index (χ2n) is 5.77. The van der Waals surface area contributed by atoms with Crippen molar-refractivity contribution in [1.29, 1.82) is 0 Å². The molecule has 0 aliphatic heterocycles. The standard InChI is InChI=1S/C18H23N3O3/c1-12(2)17(19)18(22)21-11-13-7-8-16(20-10-13)24-15-6-4-5-14(9-15)23-3/h4-10,12,17H,11,19H2,1-3H3,(H,21,22)/t17-/m0/s1. The number of nitrogens with zero attached hydrogens (tertiary/aromatic N) is 1. The van der Waals surface area contributed by atoms with Crippen LogP contribution in [-0.4, -0.2) is 24.0 Å². The first-order valence-electron chi connectivity index (χ1n) is 7.79. The molecule has 6 heteroatoms. The van der Waals surface area contributed by atoms with Crippen LogP contribution in [0.5, 0.6) is 17.4 Å². The summed E-state index contributed by atoms with van der Waals surface area (Å²) >= 11 is 0. The Morgan fingerprint density at radius 3 is 2.62 bits per heavy atom. The molecule has 0 bridgehead atoms. The predicted octanol–water partition coefficient (Wildman–Crippen LogP) is 2.48. The van der Waals surface area contributed by atoms with Gasteiger partial charge in [0.15, 0.2) is 0 Å². The zero-order valence-electron chi connectivity index (χ0n) is 14.2. The Morgan fingerprint density at radius 1 is 1.25 bits per heavy atom. The van der Waals surface area contributed by atoms with Crippen molar-refractivity contribution < 1.29 is 14.3 Å². The van der Waals surface area contributed by atoms with E-state index < -0.39 is 6.04 Å². The topological polar surface area (TPSA) is 86.5 Å². The molecule has 1 atom stereocenters. The molecule has 0 saturated heterocycles. The van der Waals surface area contributed by atoms with Crippen LogP contribution in [0.25, 0.3) is 0 Å². The number of methoxy groups -OCH3 is 1. The summed E-state index contributed by atoms with van der Waals surface area (Å²) in [6.45, 7) is 4.21. The average molecular weight is 329 g/mol. The molecule has 6 nitrogen and oxygen atoms in total. The third-order valence-electron chi connectivity index (χ3n) is 3.55. The van der Waals surface area contributed by atoms with Crippen molar-refractivity contribution in [2.45, 2.75) is 26.4 Å². The van der Waals surface area contributed by atoms with Crippen molar-refractivity contribution in [3.63, 3.8) is 0 Å². The highest BCUT2D eigenvalue weighted by Gasteiger charge is 2.16. The van der Waals surface area contributed by atoms with Gasteiger partial charge in [-0.1, -0.05) is 26.0 Å². The van der Waals surface area contributed by atoms with Crippen molar-refractivity contribution in [2.75, 3.05) is 7.11 Å². The molecule has 1 heterocycles. The van der Waals surface area contributed by atoms with E-state index in [0.717, 1.165) is 5.56 Å². The number of aromatic nitrogens is 1. The zero-order valence-corrected chi connectivity index (χ0v) is 14.2. The van der Waals surface area contributed by atoms with Crippen molar-refractivity contribution in [2.24, 2.45) is 11.7 Å². The molecule has 1 amide bonds. The van der Waals surface area contributed by atoms with E-state index in [1.807, 2.05) is 38.1 Å². The highest BCUT2D eigenvalue weighted by Crippen LogP contribution is 2.23. The third-order valence-corrected chi connectivity index (χ3v) is 3.55. The number of nitrogens with two attached hydrogens (primary N) is 1. The van der Waals surface area contributed by atoms with Gasteiger partial charge in [0.1, 0.15) is 11.5 Å². The van der Waals surface area contributed by atoms with Gasteiger partial charge in [0, 0.05) is 24.9 Å². The van der Waals surface area contributed by atoms with Gasteiger partial charge < -0.3 is 20.5 Å². The number of hydrogen-bond donors (Lipinski definition) is 2. The summed E-state index contributed by atoms with van der Waals surface area (Å²) in [6.07, 6.45) is 1.66. The molecule has 3 N–H and O–H groups in total. The van der Waals surface area contributed by atoms with E-state index in [2.05, 4.69) is 10.3 Å². The first kappa shape index (κ1) is 17.7. The van der Waals surface area contributed by atoms with Crippen LogP contribution in [0.4, 0.5) is 0 Å². The summed E-state index contributed by atoms with van der Waals surface area (Å²) in [5.41, 5.74) is 6.67. The Balaban J connectivity index is 1.92. The van der Waals surface area contributed by atoms with Gasteiger partial charge in [-0.15, -0.1) is 0 Å². The minimum atomic E-state index is -0.506. The summed E-state index contributed by atoms with van der Waals surface area (Å²) in [5.74, 6) is 1.76. The number of benzene rings is 1. The molecule has 0 unspecified atom stereocenters.